The number of carbonyl (C=O) groups is 1. The molecule has 63 heavy (non-hydrogen) atoms. The van der Waals surface area contributed by atoms with Crippen molar-refractivity contribution in [3.05, 3.63) is 200 Å². The van der Waals surface area contributed by atoms with Crippen molar-refractivity contribution >= 4 is 50.1 Å². The minimum Gasteiger partial charge on any atom is -0.294 e. The van der Waals surface area contributed by atoms with Gasteiger partial charge in [0.1, 0.15) is 5.82 Å². The standard InChI is InChI=1S/C57H49N5O/c1-56(2,3)41-33-34-58-53(35-41)62-49-28-14-13-25-47(49)48-32-31-44(37-52(48)62)61(55(63)57(4,5)6)43-24-17-23-42(36-43)59-38-60(51-30-16-15-29-50(51)59)54-45(39-19-9-7-10-20-39)26-18-27-46(54)40-21-11-8-12-22-40/h7-37H,1-6H3/i7D,8D,9D,10D,11D,12D,19D,20D,21D,22D. The van der Waals surface area contributed by atoms with Crippen LogP contribution in [-0.2, 0) is 10.2 Å². The van der Waals surface area contributed by atoms with Gasteiger partial charge in [-0.15, -0.1) is 0 Å². The van der Waals surface area contributed by atoms with Crippen LogP contribution >= 0.6 is 0 Å². The van der Waals surface area contributed by atoms with Crippen LogP contribution in [-0.4, -0.2) is 20.0 Å². The third-order valence-corrected chi connectivity index (χ3v) is 11.3. The van der Waals surface area contributed by atoms with E-state index in [1.54, 1.807) is 38.3 Å². The zero-order valence-electron chi connectivity index (χ0n) is 45.8. The van der Waals surface area contributed by atoms with Gasteiger partial charge in [0.25, 0.3) is 6.33 Å². The number of imidazole rings is 1. The Balaban J connectivity index is 1.21. The van der Waals surface area contributed by atoms with Crippen molar-refractivity contribution in [3.8, 4) is 39.4 Å². The first-order valence-electron chi connectivity index (χ1n) is 25.8. The van der Waals surface area contributed by atoms with E-state index >= 15 is 0 Å². The lowest BCUT2D eigenvalue weighted by atomic mass is 9.88. The highest BCUT2D eigenvalue weighted by atomic mass is 16.2. The SMILES string of the molecule is [2H]c1c([2H])c([2H])c(-c2cccc(-c3c([2H])c([2H])c([2H])c([2H])c3[2H])c2-[n+]2[c-]n(-c3cccc(N(C(=O)C(C)(C)C)c4ccc5c6ccccc6n(-c6cc(C(C)(C)C)ccn6)c5c4)c3)c3ccccc32)c([2H])c1[2H]. The van der Waals surface area contributed by atoms with E-state index in [0.717, 1.165) is 33.2 Å². The summed E-state index contributed by atoms with van der Waals surface area (Å²) in [6, 6.07) is 32.5. The number of fused-ring (bicyclic) bond motifs is 4. The van der Waals surface area contributed by atoms with Gasteiger partial charge in [-0.25, -0.2) is 4.98 Å². The molecule has 0 aliphatic heterocycles. The topological polar surface area (TPSA) is 46.9 Å². The molecule has 0 spiro atoms. The maximum Gasteiger partial charge on any atom is 0.269 e. The number of aromatic nitrogens is 4. The molecule has 7 aromatic carbocycles. The van der Waals surface area contributed by atoms with Gasteiger partial charge in [-0.05, 0) is 81.8 Å². The van der Waals surface area contributed by atoms with Crippen LogP contribution in [0.15, 0.2) is 188 Å². The molecule has 10 rings (SSSR count). The lowest BCUT2D eigenvalue weighted by Crippen LogP contribution is -2.36. The van der Waals surface area contributed by atoms with Crippen LogP contribution in [0.3, 0.4) is 0 Å². The minimum absolute atomic E-state index is 0.134. The largest absolute Gasteiger partial charge is 0.294 e. The van der Waals surface area contributed by atoms with Crippen molar-refractivity contribution in [1.82, 2.24) is 14.1 Å². The van der Waals surface area contributed by atoms with E-state index in [0.29, 0.717) is 28.1 Å². The Labute approximate surface area is 383 Å². The number of nitrogens with zero attached hydrogens (tertiary/aromatic N) is 5. The number of pyridine rings is 1. The van der Waals surface area contributed by atoms with E-state index in [1.165, 1.54) is 0 Å². The molecule has 308 valence electrons. The van der Waals surface area contributed by atoms with Crippen molar-refractivity contribution in [2.75, 3.05) is 4.90 Å². The van der Waals surface area contributed by atoms with Crippen molar-refractivity contribution in [1.29, 1.82) is 0 Å². The molecule has 0 radical (unpaired) electrons. The monoisotopic (exact) mass is 829 g/mol. The Morgan fingerprint density at radius 1 is 0.635 bits per heavy atom. The summed E-state index contributed by atoms with van der Waals surface area (Å²) in [6.45, 7) is 12.1. The summed E-state index contributed by atoms with van der Waals surface area (Å²) in [5, 5.41) is 2.03. The van der Waals surface area contributed by atoms with E-state index in [1.807, 2.05) is 106 Å². The summed E-state index contributed by atoms with van der Waals surface area (Å²) in [5.41, 5.74) is 4.95. The molecule has 0 aliphatic rings. The van der Waals surface area contributed by atoms with Crippen molar-refractivity contribution in [3.63, 3.8) is 0 Å². The number of hydrogen-bond donors (Lipinski definition) is 0. The summed E-state index contributed by atoms with van der Waals surface area (Å²) in [4.78, 5) is 21.6. The lowest BCUT2D eigenvalue weighted by Gasteiger charge is -2.30. The van der Waals surface area contributed by atoms with Crippen LogP contribution in [0.2, 0.25) is 0 Å². The first-order valence-corrected chi connectivity index (χ1v) is 20.8. The summed E-state index contributed by atoms with van der Waals surface area (Å²) in [7, 11) is 0. The molecular weight excluding hydrogens is 771 g/mol. The fourth-order valence-corrected chi connectivity index (χ4v) is 8.22. The Morgan fingerprint density at radius 3 is 1.94 bits per heavy atom. The highest BCUT2D eigenvalue weighted by Gasteiger charge is 2.31. The van der Waals surface area contributed by atoms with Gasteiger partial charge in [-0.3, -0.25) is 23.4 Å². The summed E-state index contributed by atoms with van der Waals surface area (Å²) in [5.74, 6) is 0.574. The molecule has 6 heteroatoms. The highest BCUT2D eigenvalue weighted by Crippen LogP contribution is 2.40. The van der Waals surface area contributed by atoms with Gasteiger partial charge >= 0.3 is 0 Å². The molecule has 0 unspecified atom stereocenters. The molecule has 1 amide bonds. The van der Waals surface area contributed by atoms with Gasteiger partial charge in [0.2, 0.25) is 5.91 Å². The van der Waals surface area contributed by atoms with E-state index in [4.69, 9.17) is 18.7 Å². The van der Waals surface area contributed by atoms with Crippen molar-refractivity contribution in [2.45, 2.75) is 47.0 Å². The summed E-state index contributed by atoms with van der Waals surface area (Å²) >= 11 is 0. The van der Waals surface area contributed by atoms with Gasteiger partial charge in [-0.1, -0.05) is 175 Å². The lowest BCUT2D eigenvalue weighted by molar-refractivity contribution is -0.571. The zero-order chi connectivity index (χ0) is 52.2. The van der Waals surface area contributed by atoms with Crippen LogP contribution in [0.1, 0.15) is 60.8 Å². The van der Waals surface area contributed by atoms with Crippen LogP contribution in [0, 0.1) is 11.7 Å². The minimum atomic E-state index is -0.845. The third kappa shape index (κ3) is 7.07. The molecule has 6 nitrogen and oxygen atoms in total. The predicted molar refractivity (Wildman–Crippen MR) is 258 cm³/mol. The normalized spacial score (nSPS) is 14.3. The molecule has 0 saturated heterocycles. The number of anilines is 2. The second kappa shape index (κ2) is 15.4. The molecule has 0 fully saturated rings. The Bertz CT molecular complexity index is 3800. The number of para-hydroxylation sites is 4. The Hall–Kier alpha value is -7.57. The molecule has 3 heterocycles. The number of hydrogen-bond acceptors (Lipinski definition) is 2. The first kappa shape index (κ1) is 29.6. The molecule has 3 aromatic heterocycles. The maximum atomic E-state index is 15.0. The van der Waals surface area contributed by atoms with Crippen molar-refractivity contribution < 1.29 is 23.1 Å². The highest BCUT2D eigenvalue weighted by molar-refractivity contribution is 6.12. The molecule has 0 bridgehead atoms. The van der Waals surface area contributed by atoms with Gasteiger partial charge in [0, 0.05) is 28.1 Å². The van der Waals surface area contributed by atoms with Gasteiger partial charge in [0.05, 0.1) is 52.8 Å². The average Bonchev–Trinajstić information content (AvgIpc) is 3.92. The first-order chi connectivity index (χ1) is 34.6. The van der Waals surface area contributed by atoms with Crippen LogP contribution in [0.4, 0.5) is 11.4 Å². The quantitative estimate of drug-likeness (QED) is 0.119. The fourth-order valence-electron chi connectivity index (χ4n) is 8.22. The van der Waals surface area contributed by atoms with E-state index in [9.17, 15) is 4.79 Å². The average molecular weight is 830 g/mol. The third-order valence-electron chi connectivity index (χ3n) is 11.3. The van der Waals surface area contributed by atoms with E-state index in [2.05, 4.69) is 49.9 Å². The maximum absolute atomic E-state index is 15.0. The van der Waals surface area contributed by atoms with Gasteiger partial charge < -0.3 is 0 Å². The Kier molecular flexibility index (Phi) is 7.25. The Morgan fingerprint density at radius 2 is 1.25 bits per heavy atom. The second-order valence-electron chi connectivity index (χ2n) is 17.6. The van der Waals surface area contributed by atoms with Gasteiger partial charge in [0.15, 0.2) is 0 Å². The number of amides is 1. The summed E-state index contributed by atoms with van der Waals surface area (Å²) < 4.78 is 93.0. The number of carbonyl (C=O) groups excluding carboxylic acids is 1. The van der Waals surface area contributed by atoms with Crippen LogP contribution in [0.5, 0.6) is 0 Å². The number of benzene rings is 7. The summed E-state index contributed by atoms with van der Waals surface area (Å²) in [6.07, 6.45) is 5.29. The molecule has 10 aromatic rings. The molecule has 0 saturated carbocycles. The van der Waals surface area contributed by atoms with Crippen LogP contribution in [0.25, 0.3) is 72.3 Å². The smallest absolute Gasteiger partial charge is 0.269 e. The molecular formula is C57H49N5O. The molecule has 0 atom stereocenters. The predicted octanol–water partition coefficient (Wildman–Crippen LogP) is 13.5. The van der Waals surface area contributed by atoms with Crippen molar-refractivity contribution in [2.24, 2.45) is 5.41 Å². The van der Waals surface area contributed by atoms with Gasteiger partial charge in [-0.2, -0.15) is 0 Å². The number of rotatable bonds is 7. The van der Waals surface area contributed by atoms with E-state index < -0.39 is 65.8 Å². The zero-order valence-corrected chi connectivity index (χ0v) is 35.8. The molecule has 0 aliphatic carbocycles. The van der Waals surface area contributed by atoms with Crippen LogP contribution < -0.4 is 9.47 Å². The fraction of sp³-hybridized carbons (Fsp3) is 0.140. The van der Waals surface area contributed by atoms with E-state index in [-0.39, 0.29) is 39.3 Å². The second-order valence-corrected chi connectivity index (χ2v) is 17.6. The molecule has 0 N–H and O–H groups in total.